The SMILES string of the molecule is CC1(C)c2ccccc2-c2cc3c(cc21)-c1ccc(-c2cccc(-c4ccc(-c5cc(-c6ccc7c(c6)oc6ccccc67)nc(-c6ccccc6)n5)cc4)c2)cc1C31CCCCC1. The summed E-state index contributed by atoms with van der Waals surface area (Å²) in [7, 11) is 0. The van der Waals surface area contributed by atoms with Crippen molar-refractivity contribution in [1.29, 1.82) is 0 Å². The zero-order valence-electron chi connectivity index (χ0n) is 36.2. The Hall–Kier alpha value is -7.36. The third-order valence-electron chi connectivity index (χ3n) is 14.9. The quantitative estimate of drug-likeness (QED) is 0.174. The van der Waals surface area contributed by atoms with Gasteiger partial charge in [-0.05, 0) is 128 Å². The van der Waals surface area contributed by atoms with Crippen LogP contribution in [0.15, 0.2) is 186 Å². The lowest BCUT2D eigenvalue weighted by molar-refractivity contribution is 0.353. The van der Waals surface area contributed by atoms with Gasteiger partial charge in [0.25, 0.3) is 0 Å². The minimum absolute atomic E-state index is 0.0167. The molecule has 0 unspecified atom stereocenters. The third kappa shape index (κ3) is 5.66. The molecule has 10 aromatic rings. The molecule has 0 N–H and O–H groups in total. The van der Waals surface area contributed by atoms with E-state index in [4.69, 9.17) is 14.4 Å². The predicted octanol–water partition coefficient (Wildman–Crippen LogP) is 16.2. The molecule has 3 nitrogen and oxygen atoms in total. The van der Waals surface area contributed by atoms with E-state index in [1.807, 2.05) is 30.3 Å². The second-order valence-corrected chi connectivity index (χ2v) is 18.8. The third-order valence-corrected chi connectivity index (χ3v) is 14.9. The number of nitrogens with zero attached hydrogens (tertiary/aromatic N) is 2. The van der Waals surface area contributed by atoms with Gasteiger partial charge in [0.05, 0.1) is 11.4 Å². The molecule has 0 aliphatic heterocycles. The second-order valence-electron chi connectivity index (χ2n) is 18.8. The Morgan fingerprint density at radius 2 is 0.969 bits per heavy atom. The maximum Gasteiger partial charge on any atom is 0.160 e. The lowest BCUT2D eigenvalue weighted by Gasteiger charge is -2.36. The lowest BCUT2D eigenvalue weighted by Crippen LogP contribution is -2.28. The van der Waals surface area contributed by atoms with Crippen LogP contribution in [0.2, 0.25) is 0 Å². The van der Waals surface area contributed by atoms with Gasteiger partial charge in [-0.15, -0.1) is 0 Å². The standard InChI is InChI=1S/C61H46N2O/c1-60(2)51-20-9-7-18-45(51)49-36-54-50(35-52(49)60)46-28-26-43(33-53(46)61(54)30-11-4-12-31-61)42-17-13-16-41(32-42)38-22-24-39(25-23-38)55-37-56(63-59(62-55)40-14-5-3-6-15-40)44-27-29-48-47-19-8-10-21-57(47)64-58(48)34-44/h3,5-10,13-29,32-37H,4,11-12,30-31H2,1-2H3. The van der Waals surface area contributed by atoms with E-state index < -0.39 is 0 Å². The van der Waals surface area contributed by atoms with Gasteiger partial charge in [-0.2, -0.15) is 0 Å². The van der Waals surface area contributed by atoms with Crippen molar-refractivity contribution in [3.63, 3.8) is 0 Å². The maximum absolute atomic E-state index is 6.28. The number of rotatable bonds is 5. The minimum atomic E-state index is -0.0167. The van der Waals surface area contributed by atoms with E-state index in [0.717, 1.165) is 50.0 Å². The highest BCUT2D eigenvalue weighted by molar-refractivity contribution is 6.06. The molecular formula is C61H46N2O. The van der Waals surface area contributed by atoms with Crippen molar-refractivity contribution in [1.82, 2.24) is 9.97 Å². The first-order valence-electron chi connectivity index (χ1n) is 22.9. The fourth-order valence-electron chi connectivity index (χ4n) is 11.6. The second kappa shape index (κ2) is 14.1. The molecule has 64 heavy (non-hydrogen) atoms. The fraction of sp³-hybridized carbons (Fsp3) is 0.148. The van der Waals surface area contributed by atoms with Crippen LogP contribution in [0.25, 0.3) is 100 Å². The largest absolute Gasteiger partial charge is 0.456 e. The molecule has 3 aliphatic carbocycles. The molecule has 3 aliphatic rings. The highest BCUT2D eigenvalue weighted by Crippen LogP contribution is 2.60. The van der Waals surface area contributed by atoms with Gasteiger partial charge < -0.3 is 4.42 Å². The van der Waals surface area contributed by atoms with Crippen LogP contribution in [0.5, 0.6) is 0 Å². The Bertz CT molecular complexity index is 3500. The smallest absolute Gasteiger partial charge is 0.160 e. The number of aromatic nitrogens is 2. The first-order valence-corrected chi connectivity index (χ1v) is 22.9. The number of benzene rings is 8. The van der Waals surface area contributed by atoms with Gasteiger partial charge in [-0.3, -0.25) is 0 Å². The number of furan rings is 1. The van der Waals surface area contributed by atoms with E-state index in [1.165, 1.54) is 93.3 Å². The van der Waals surface area contributed by atoms with E-state index in [9.17, 15) is 0 Å². The summed E-state index contributed by atoms with van der Waals surface area (Å²) >= 11 is 0. The van der Waals surface area contributed by atoms with Gasteiger partial charge in [0.15, 0.2) is 5.82 Å². The summed E-state index contributed by atoms with van der Waals surface area (Å²) < 4.78 is 6.28. The van der Waals surface area contributed by atoms with E-state index in [0.29, 0.717) is 5.82 Å². The molecule has 0 bridgehead atoms. The molecule has 0 saturated heterocycles. The van der Waals surface area contributed by atoms with Crippen LogP contribution in [0.1, 0.15) is 68.2 Å². The van der Waals surface area contributed by atoms with E-state index in [2.05, 4.69) is 166 Å². The van der Waals surface area contributed by atoms with Gasteiger partial charge in [0.2, 0.25) is 0 Å². The Balaban J connectivity index is 0.850. The first-order chi connectivity index (χ1) is 31.4. The van der Waals surface area contributed by atoms with Gasteiger partial charge in [-0.1, -0.05) is 167 Å². The van der Waals surface area contributed by atoms with Crippen LogP contribution in [-0.4, -0.2) is 9.97 Å². The van der Waals surface area contributed by atoms with Crippen molar-refractivity contribution in [3.8, 4) is 78.4 Å². The Kier molecular flexibility index (Phi) is 8.18. The summed E-state index contributed by atoms with van der Waals surface area (Å²) in [6, 6.07) is 66.5. The van der Waals surface area contributed by atoms with Crippen molar-refractivity contribution in [2.45, 2.75) is 56.8 Å². The molecule has 1 spiro atoms. The molecule has 1 saturated carbocycles. The lowest BCUT2D eigenvalue weighted by atomic mass is 9.67. The topological polar surface area (TPSA) is 38.9 Å². The number of para-hydroxylation sites is 1. The fourth-order valence-corrected chi connectivity index (χ4v) is 11.6. The molecule has 2 heterocycles. The number of hydrogen-bond acceptors (Lipinski definition) is 3. The van der Waals surface area contributed by atoms with Gasteiger partial charge in [-0.25, -0.2) is 9.97 Å². The molecule has 306 valence electrons. The number of hydrogen-bond donors (Lipinski definition) is 0. The molecule has 0 amide bonds. The summed E-state index contributed by atoms with van der Waals surface area (Å²) in [6.45, 7) is 4.80. The van der Waals surface area contributed by atoms with Crippen LogP contribution in [0.3, 0.4) is 0 Å². The molecule has 0 atom stereocenters. The van der Waals surface area contributed by atoms with Gasteiger partial charge in [0, 0.05) is 38.3 Å². The summed E-state index contributed by atoms with van der Waals surface area (Å²) in [5, 5.41) is 2.22. The highest BCUT2D eigenvalue weighted by atomic mass is 16.3. The summed E-state index contributed by atoms with van der Waals surface area (Å²) in [5.74, 6) is 0.695. The average molecular weight is 823 g/mol. The molecule has 13 rings (SSSR count). The number of fused-ring (bicyclic) bond motifs is 11. The zero-order chi connectivity index (χ0) is 42.6. The molecule has 3 heteroatoms. The van der Waals surface area contributed by atoms with Crippen molar-refractivity contribution in [2.24, 2.45) is 0 Å². The van der Waals surface area contributed by atoms with Crippen molar-refractivity contribution in [2.75, 3.05) is 0 Å². The average Bonchev–Trinajstić information content (AvgIpc) is 3.93. The summed E-state index contributed by atoms with van der Waals surface area (Å²) in [6.07, 6.45) is 6.29. The van der Waals surface area contributed by atoms with Gasteiger partial charge in [0.1, 0.15) is 11.2 Å². The van der Waals surface area contributed by atoms with Crippen molar-refractivity contribution in [3.05, 3.63) is 204 Å². The van der Waals surface area contributed by atoms with Gasteiger partial charge >= 0.3 is 0 Å². The minimum Gasteiger partial charge on any atom is -0.456 e. The van der Waals surface area contributed by atoms with E-state index in [1.54, 1.807) is 5.56 Å². The maximum atomic E-state index is 6.28. The normalized spacial score (nSPS) is 15.3. The van der Waals surface area contributed by atoms with Crippen molar-refractivity contribution >= 4 is 21.9 Å². The molecule has 8 aromatic carbocycles. The highest BCUT2D eigenvalue weighted by Gasteiger charge is 2.46. The summed E-state index contributed by atoms with van der Waals surface area (Å²) in [5.41, 5.74) is 23.2. The van der Waals surface area contributed by atoms with E-state index in [-0.39, 0.29) is 10.8 Å². The monoisotopic (exact) mass is 822 g/mol. The van der Waals surface area contributed by atoms with Crippen molar-refractivity contribution < 1.29 is 4.42 Å². The Morgan fingerprint density at radius 1 is 0.375 bits per heavy atom. The first kappa shape index (κ1) is 37.2. The van der Waals surface area contributed by atoms with Crippen LogP contribution < -0.4 is 0 Å². The zero-order valence-corrected chi connectivity index (χ0v) is 36.2. The van der Waals surface area contributed by atoms with Crippen LogP contribution in [0.4, 0.5) is 0 Å². The Labute approximate surface area is 374 Å². The Morgan fingerprint density at radius 3 is 1.81 bits per heavy atom. The molecule has 1 fully saturated rings. The van der Waals surface area contributed by atoms with E-state index >= 15 is 0 Å². The molecule has 0 radical (unpaired) electrons. The van der Waals surface area contributed by atoms with Crippen LogP contribution in [-0.2, 0) is 10.8 Å². The summed E-state index contributed by atoms with van der Waals surface area (Å²) in [4.78, 5) is 10.2. The van der Waals surface area contributed by atoms with Crippen LogP contribution >= 0.6 is 0 Å². The molecular weight excluding hydrogens is 777 g/mol. The molecule has 2 aromatic heterocycles. The predicted molar refractivity (Wildman–Crippen MR) is 263 cm³/mol. The van der Waals surface area contributed by atoms with Crippen LogP contribution in [0, 0.1) is 0 Å².